The number of fused-ring (bicyclic) bond motifs is 1. The summed E-state index contributed by atoms with van der Waals surface area (Å²) in [4.78, 5) is 39.7. The Morgan fingerprint density at radius 2 is 1.80 bits per heavy atom. The molecule has 0 atom stereocenters. The number of ketones is 1. The first-order valence-electron chi connectivity index (χ1n) is 9.72. The predicted molar refractivity (Wildman–Crippen MR) is 111 cm³/mol. The largest absolute Gasteiger partial charge is 0.366 e. The number of para-hydroxylation sites is 1. The van der Waals surface area contributed by atoms with E-state index in [1.54, 1.807) is 41.3 Å². The molecule has 1 aromatic heterocycles. The first-order chi connectivity index (χ1) is 14.4. The summed E-state index contributed by atoms with van der Waals surface area (Å²) in [6.07, 6.45) is 1.22. The number of amides is 1. The molecule has 7 nitrogen and oxygen atoms in total. The van der Waals surface area contributed by atoms with Crippen molar-refractivity contribution < 1.29 is 14.0 Å². The second-order valence-electron chi connectivity index (χ2n) is 7.27. The van der Waals surface area contributed by atoms with Crippen LogP contribution in [0.25, 0.3) is 10.9 Å². The van der Waals surface area contributed by atoms with Gasteiger partial charge in [-0.05, 0) is 37.3 Å². The van der Waals surface area contributed by atoms with Crippen molar-refractivity contribution in [3.63, 3.8) is 0 Å². The molecular weight excluding hydrogens is 387 g/mol. The molecule has 4 rings (SSSR count). The highest BCUT2D eigenvalue weighted by Crippen LogP contribution is 2.22. The topological polar surface area (TPSA) is 75.5 Å². The summed E-state index contributed by atoms with van der Waals surface area (Å²) < 4.78 is 15.9. The summed E-state index contributed by atoms with van der Waals surface area (Å²) >= 11 is 0. The van der Waals surface area contributed by atoms with E-state index >= 15 is 0 Å². The van der Waals surface area contributed by atoms with E-state index in [0.29, 0.717) is 48.3 Å². The molecule has 0 bridgehead atoms. The van der Waals surface area contributed by atoms with Crippen LogP contribution in [0.4, 0.5) is 10.1 Å². The predicted octanol–water partition coefficient (Wildman–Crippen LogP) is 2.09. The molecule has 0 spiro atoms. The summed E-state index contributed by atoms with van der Waals surface area (Å²) in [5.41, 5.74) is 1.21. The van der Waals surface area contributed by atoms with Crippen molar-refractivity contribution in [2.24, 2.45) is 0 Å². The minimum atomic E-state index is -0.439. The Kier molecular flexibility index (Phi) is 5.31. The van der Waals surface area contributed by atoms with Gasteiger partial charge in [-0.25, -0.2) is 4.39 Å². The summed E-state index contributed by atoms with van der Waals surface area (Å²) in [7, 11) is 0. The minimum absolute atomic E-state index is 0.0302. The van der Waals surface area contributed by atoms with Gasteiger partial charge < -0.3 is 9.80 Å². The molecule has 1 amide bonds. The Morgan fingerprint density at radius 1 is 1.07 bits per heavy atom. The highest BCUT2D eigenvalue weighted by molar-refractivity contribution is 5.94. The third-order valence-corrected chi connectivity index (χ3v) is 5.37. The van der Waals surface area contributed by atoms with Crippen LogP contribution in [0.3, 0.4) is 0 Å². The first-order valence-corrected chi connectivity index (χ1v) is 9.72. The normalized spacial score (nSPS) is 14.2. The third kappa shape index (κ3) is 3.80. The number of Topliss-reactive ketones (excluding diaryl/α,β-unsaturated/α-hetero) is 1. The molecule has 1 saturated heterocycles. The number of rotatable bonds is 4. The van der Waals surface area contributed by atoms with Gasteiger partial charge in [-0.3, -0.25) is 19.1 Å². The van der Waals surface area contributed by atoms with E-state index < -0.39 is 5.82 Å². The van der Waals surface area contributed by atoms with Crippen LogP contribution < -0.4 is 10.3 Å². The van der Waals surface area contributed by atoms with Crippen LogP contribution in [0.15, 0.2) is 53.5 Å². The van der Waals surface area contributed by atoms with Gasteiger partial charge in [0.1, 0.15) is 12.4 Å². The number of hydrogen-bond acceptors (Lipinski definition) is 5. The zero-order chi connectivity index (χ0) is 21.3. The fourth-order valence-electron chi connectivity index (χ4n) is 3.69. The second kappa shape index (κ2) is 8.06. The minimum Gasteiger partial charge on any atom is -0.366 e. The zero-order valence-corrected chi connectivity index (χ0v) is 16.5. The molecule has 1 aliphatic heterocycles. The summed E-state index contributed by atoms with van der Waals surface area (Å²) in [6, 6.07) is 11.5. The van der Waals surface area contributed by atoms with E-state index in [1.165, 1.54) is 23.9 Å². The fourth-order valence-corrected chi connectivity index (χ4v) is 3.69. The number of anilines is 1. The molecule has 0 unspecified atom stereocenters. The number of benzene rings is 2. The SMILES string of the molecule is CC(=O)c1ccc(N2CCN(C(=O)Cn3ncc(=O)c4ccccc43)CC2)c(F)c1. The Balaban J connectivity index is 1.44. The van der Waals surface area contributed by atoms with E-state index in [-0.39, 0.29) is 23.7 Å². The zero-order valence-electron chi connectivity index (χ0n) is 16.5. The second-order valence-corrected chi connectivity index (χ2v) is 7.27. The van der Waals surface area contributed by atoms with Crippen molar-refractivity contribution in [1.82, 2.24) is 14.7 Å². The monoisotopic (exact) mass is 408 g/mol. The van der Waals surface area contributed by atoms with Gasteiger partial charge in [0, 0.05) is 37.1 Å². The molecule has 30 heavy (non-hydrogen) atoms. The molecule has 8 heteroatoms. The Bertz CT molecular complexity index is 1180. The van der Waals surface area contributed by atoms with Crippen molar-refractivity contribution in [1.29, 1.82) is 0 Å². The van der Waals surface area contributed by atoms with Crippen molar-refractivity contribution in [2.75, 3.05) is 31.1 Å². The Morgan fingerprint density at radius 3 is 2.50 bits per heavy atom. The van der Waals surface area contributed by atoms with Gasteiger partial charge in [0.15, 0.2) is 5.78 Å². The van der Waals surface area contributed by atoms with Crippen LogP contribution in [-0.4, -0.2) is 52.5 Å². The summed E-state index contributed by atoms with van der Waals surface area (Å²) in [5.74, 6) is -0.728. The van der Waals surface area contributed by atoms with Crippen molar-refractivity contribution in [2.45, 2.75) is 13.5 Å². The molecule has 0 radical (unpaired) electrons. The van der Waals surface area contributed by atoms with Crippen LogP contribution in [0.1, 0.15) is 17.3 Å². The van der Waals surface area contributed by atoms with E-state index in [2.05, 4.69) is 5.10 Å². The molecular formula is C22H21FN4O3. The van der Waals surface area contributed by atoms with Crippen LogP contribution in [-0.2, 0) is 11.3 Å². The molecule has 154 valence electrons. The summed E-state index contributed by atoms with van der Waals surface area (Å²) in [5, 5.41) is 4.63. The van der Waals surface area contributed by atoms with E-state index in [4.69, 9.17) is 0 Å². The molecule has 2 aromatic carbocycles. The van der Waals surface area contributed by atoms with Crippen LogP contribution in [0, 0.1) is 5.82 Å². The molecule has 0 N–H and O–H groups in total. The number of piperazine rings is 1. The number of halogens is 1. The molecule has 0 saturated carbocycles. The maximum atomic E-state index is 14.4. The average molecular weight is 408 g/mol. The van der Waals surface area contributed by atoms with Gasteiger partial charge in [-0.1, -0.05) is 12.1 Å². The standard InChI is InChI=1S/C22H21FN4O3/c1-15(28)16-6-7-20(18(23)12-16)25-8-10-26(11-9-25)22(30)14-27-19-5-3-2-4-17(19)21(29)13-24-27/h2-7,12-13H,8-11,14H2,1H3. The number of nitrogens with zero attached hydrogens (tertiary/aromatic N) is 4. The highest BCUT2D eigenvalue weighted by Gasteiger charge is 2.23. The molecule has 3 aromatic rings. The third-order valence-electron chi connectivity index (χ3n) is 5.37. The van der Waals surface area contributed by atoms with E-state index in [1.807, 2.05) is 4.90 Å². The molecule has 2 heterocycles. The summed E-state index contributed by atoms with van der Waals surface area (Å²) in [6.45, 7) is 3.30. The number of carbonyl (C=O) groups is 2. The van der Waals surface area contributed by atoms with Crippen LogP contribution >= 0.6 is 0 Å². The van der Waals surface area contributed by atoms with Gasteiger partial charge in [0.2, 0.25) is 11.3 Å². The molecule has 0 aliphatic carbocycles. The lowest BCUT2D eigenvalue weighted by atomic mass is 10.1. The number of aromatic nitrogens is 2. The van der Waals surface area contributed by atoms with Crippen molar-refractivity contribution in [3.8, 4) is 0 Å². The molecule has 1 fully saturated rings. The van der Waals surface area contributed by atoms with Crippen LogP contribution in [0.2, 0.25) is 0 Å². The van der Waals surface area contributed by atoms with E-state index in [9.17, 15) is 18.8 Å². The van der Waals surface area contributed by atoms with Crippen LogP contribution in [0.5, 0.6) is 0 Å². The lowest BCUT2D eigenvalue weighted by molar-refractivity contribution is -0.132. The lowest BCUT2D eigenvalue weighted by Gasteiger charge is -2.36. The highest BCUT2D eigenvalue weighted by atomic mass is 19.1. The lowest BCUT2D eigenvalue weighted by Crippen LogP contribution is -2.50. The van der Waals surface area contributed by atoms with Gasteiger partial charge in [-0.15, -0.1) is 0 Å². The fraction of sp³-hybridized carbons (Fsp3) is 0.273. The van der Waals surface area contributed by atoms with E-state index in [0.717, 1.165) is 0 Å². The quantitative estimate of drug-likeness (QED) is 0.618. The molecule has 1 aliphatic rings. The smallest absolute Gasteiger partial charge is 0.244 e. The number of carbonyl (C=O) groups excluding carboxylic acids is 2. The Hall–Kier alpha value is -3.55. The van der Waals surface area contributed by atoms with Gasteiger partial charge in [-0.2, -0.15) is 5.10 Å². The maximum Gasteiger partial charge on any atom is 0.244 e. The Labute approximate surface area is 172 Å². The first kappa shape index (κ1) is 19.8. The van der Waals surface area contributed by atoms with Crippen molar-refractivity contribution >= 4 is 28.3 Å². The maximum absolute atomic E-state index is 14.4. The van der Waals surface area contributed by atoms with Gasteiger partial charge in [0.05, 0.1) is 17.4 Å². The van der Waals surface area contributed by atoms with Crippen molar-refractivity contribution in [3.05, 3.63) is 70.3 Å². The van der Waals surface area contributed by atoms with Gasteiger partial charge >= 0.3 is 0 Å². The number of hydrogen-bond donors (Lipinski definition) is 0. The average Bonchev–Trinajstić information content (AvgIpc) is 2.76. The van der Waals surface area contributed by atoms with Gasteiger partial charge in [0.25, 0.3) is 0 Å².